The number of esters is 2. The zero-order valence-corrected chi connectivity index (χ0v) is 30.7. The maximum absolute atomic E-state index is 14.5. The molecule has 2 aromatic carbocycles. The van der Waals surface area contributed by atoms with Gasteiger partial charge in [0.15, 0.2) is 0 Å². The third kappa shape index (κ3) is 10.1. The first-order chi connectivity index (χ1) is 23.6. The summed E-state index contributed by atoms with van der Waals surface area (Å²) < 4.78 is 14.1. The summed E-state index contributed by atoms with van der Waals surface area (Å²) >= 11 is 0. The van der Waals surface area contributed by atoms with Crippen LogP contribution >= 0.6 is 0 Å². The van der Waals surface area contributed by atoms with Crippen molar-refractivity contribution in [3.63, 3.8) is 0 Å². The van der Waals surface area contributed by atoms with Gasteiger partial charge in [0.1, 0.15) is 6.10 Å². The van der Waals surface area contributed by atoms with Crippen LogP contribution in [0.15, 0.2) is 85.0 Å². The van der Waals surface area contributed by atoms with E-state index in [-0.39, 0.29) is 30.9 Å². The second-order valence-electron chi connectivity index (χ2n) is 14.5. The van der Waals surface area contributed by atoms with E-state index in [1.807, 2.05) is 60.7 Å². The molecule has 1 spiro atoms. The zero-order chi connectivity index (χ0) is 33.5. The van der Waals surface area contributed by atoms with Crippen LogP contribution < -0.4 is 12.4 Å². The Hall–Kier alpha value is -2.89. The molecule has 3 aliphatic heterocycles. The maximum Gasteiger partial charge on any atom is 0.360 e. The lowest BCUT2D eigenvalue weighted by atomic mass is 9.85. The van der Waals surface area contributed by atoms with Crippen LogP contribution in [0.4, 0.5) is 0 Å². The first-order valence-corrected chi connectivity index (χ1v) is 19.3. The molecule has 0 aromatic heterocycles. The van der Waals surface area contributed by atoms with Gasteiger partial charge >= 0.3 is 11.9 Å². The van der Waals surface area contributed by atoms with Crippen LogP contribution in [0, 0.1) is 0 Å². The van der Waals surface area contributed by atoms with Crippen molar-refractivity contribution in [3.8, 4) is 0 Å². The summed E-state index contributed by atoms with van der Waals surface area (Å²) in [6.07, 6.45) is 28.5. The van der Waals surface area contributed by atoms with Gasteiger partial charge in [0.2, 0.25) is 0 Å². The fraction of sp³-hybridized carbons (Fsp3) is 0.581. The summed E-state index contributed by atoms with van der Waals surface area (Å²) in [6.45, 7) is 4.80. The number of nitrogens with zero attached hydrogens (tertiary/aromatic N) is 1. The number of carbonyl (C=O) groups excluding carboxylic acids is 2. The molecule has 3 fully saturated rings. The lowest BCUT2D eigenvalue weighted by molar-refractivity contribution is -0.956. The highest BCUT2D eigenvalue weighted by Crippen LogP contribution is 2.47. The molecular formula is C43H60ClNO4. The molecule has 2 atom stereocenters. The molecule has 3 saturated heterocycles. The van der Waals surface area contributed by atoms with Crippen LogP contribution in [0.1, 0.15) is 134 Å². The van der Waals surface area contributed by atoms with E-state index in [2.05, 4.69) is 31.2 Å². The van der Waals surface area contributed by atoms with Gasteiger partial charge in [-0.1, -0.05) is 124 Å². The summed E-state index contributed by atoms with van der Waals surface area (Å²) in [7, 11) is 0. The normalized spacial score (nSPS) is 21.3. The molecule has 0 amide bonds. The average Bonchev–Trinajstić information content (AvgIpc) is 3.66. The minimum atomic E-state index is -1.63. The van der Waals surface area contributed by atoms with Crippen LogP contribution in [-0.4, -0.2) is 47.7 Å². The Kier molecular flexibility index (Phi) is 15.9. The molecule has 2 bridgehead atoms. The number of allylic oxidation sites excluding steroid dienone is 4. The Balaban J connectivity index is 0.00000541. The molecule has 0 N–H and O–H groups in total. The summed E-state index contributed by atoms with van der Waals surface area (Å²) in [5.74, 6) is -0.816. The van der Waals surface area contributed by atoms with Crippen molar-refractivity contribution in [2.75, 3.05) is 13.1 Å². The van der Waals surface area contributed by atoms with E-state index in [9.17, 15) is 9.59 Å². The van der Waals surface area contributed by atoms with E-state index >= 15 is 0 Å². The topological polar surface area (TPSA) is 52.6 Å². The Morgan fingerprint density at radius 2 is 1.27 bits per heavy atom. The number of benzene rings is 2. The standard InChI is InChI=1S/C43H60NO4.ClH/c1-2-3-4-5-6-7-8-9-10-11-12-13-14-15-22-29-41(45)48-43(36-25-18-16-19-26-36,37-27-20-17-21-28-37)42(46)47-40-34-38-30-31-39(35-40)44(38)32-23-24-33-44;/h6-7,9-10,16-21,25-28,38-40H,2-5,8,11-15,22-24,29-35H2,1H3;1H/q+1;/p-1/b7-6-,10-9-;. The monoisotopic (exact) mass is 689 g/mol. The number of unbranched alkanes of at least 4 members (excludes halogenated alkanes) is 8. The highest BCUT2D eigenvalue weighted by molar-refractivity contribution is 5.89. The average molecular weight is 690 g/mol. The fourth-order valence-corrected chi connectivity index (χ4v) is 8.75. The number of rotatable bonds is 19. The highest BCUT2D eigenvalue weighted by atomic mass is 35.5. The van der Waals surface area contributed by atoms with Gasteiger partial charge in [-0.05, 0) is 38.5 Å². The quantitative estimate of drug-likeness (QED) is 0.0682. The second-order valence-corrected chi connectivity index (χ2v) is 14.5. The molecule has 6 heteroatoms. The van der Waals surface area contributed by atoms with Crippen LogP contribution in [0.5, 0.6) is 0 Å². The number of piperidine rings is 1. The summed E-state index contributed by atoms with van der Waals surface area (Å²) in [6, 6.07) is 20.1. The molecule has 3 heterocycles. The molecular weight excluding hydrogens is 630 g/mol. The number of carbonyl (C=O) groups is 2. The molecule has 3 aliphatic rings. The Morgan fingerprint density at radius 1 is 0.735 bits per heavy atom. The number of hydrogen-bond acceptors (Lipinski definition) is 4. The van der Waals surface area contributed by atoms with Crippen molar-refractivity contribution < 1.29 is 36.0 Å². The zero-order valence-electron chi connectivity index (χ0n) is 29.9. The van der Waals surface area contributed by atoms with Crippen molar-refractivity contribution in [2.24, 2.45) is 0 Å². The van der Waals surface area contributed by atoms with Gasteiger partial charge in [-0.15, -0.1) is 0 Å². The van der Waals surface area contributed by atoms with E-state index in [1.165, 1.54) is 75.4 Å². The Bertz CT molecular complexity index is 1260. The molecule has 5 nitrogen and oxygen atoms in total. The predicted octanol–water partition coefficient (Wildman–Crippen LogP) is 7.14. The van der Waals surface area contributed by atoms with Gasteiger partial charge in [0.05, 0.1) is 25.2 Å². The summed E-state index contributed by atoms with van der Waals surface area (Å²) in [5.41, 5.74) is -0.361. The third-order valence-electron chi connectivity index (χ3n) is 11.3. The molecule has 0 aliphatic carbocycles. The number of ether oxygens (including phenoxy) is 2. The smallest absolute Gasteiger partial charge is 0.360 e. The van der Waals surface area contributed by atoms with Crippen LogP contribution in [0.25, 0.3) is 0 Å². The van der Waals surface area contributed by atoms with Gasteiger partial charge in [-0.25, -0.2) is 4.79 Å². The van der Waals surface area contributed by atoms with Crippen LogP contribution in [0.2, 0.25) is 0 Å². The number of hydrogen-bond donors (Lipinski definition) is 0. The SMILES string of the molecule is CCCCC/C=C\C/C=C\CCCCCCCC(=O)OC(C(=O)OC1CC2CCC(C1)[N+]21CCCC1)(c1ccccc1)c1ccccc1.[Cl-]. The van der Waals surface area contributed by atoms with Gasteiger partial charge in [-0.2, -0.15) is 0 Å². The number of halogens is 1. The lowest BCUT2D eigenvalue weighted by Crippen LogP contribution is -3.00. The summed E-state index contributed by atoms with van der Waals surface area (Å²) in [5, 5.41) is 0. The third-order valence-corrected chi connectivity index (χ3v) is 11.3. The largest absolute Gasteiger partial charge is 1.00 e. The highest BCUT2D eigenvalue weighted by Gasteiger charge is 2.57. The van der Waals surface area contributed by atoms with Crippen molar-refractivity contribution in [2.45, 2.75) is 146 Å². The van der Waals surface area contributed by atoms with Crippen LogP contribution in [0.3, 0.4) is 0 Å². The molecule has 2 aromatic rings. The van der Waals surface area contributed by atoms with Crippen molar-refractivity contribution in [1.82, 2.24) is 0 Å². The van der Waals surface area contributed by atoms with Crippen molar-refractivity contribution in [3.05, 3.63) is 96.1 Å². The number of quaternary nitrogens is 1. The molecule has 49 heavy (non-hydrogen) atoms. The van der Waals surface area contributed by atoms with Gasteiger partial charge in [0, 0.05) is 56.1 Å². The van der Waals surface area contributed by atoms with Gasteiger partial charge < -0.3 is 26.4 Å². The fourth-order valence-electron chi connectivity index (χ4n) is 8.75. The minimum Gasteiger partial charge on any atom is -1.00 e. The van der Waals surface area contributed by atoms with E-state index in [0.717, 1.165) is 51.4 Å². The van der Waals surface area contributed by atoms with Crippen molar-refractivity contribution in [1.29, 1.82) is 0 Å². The van der Waals surface area contributed by atoms with Crippen molar-refractivity contribution >= 4 is 11.9 Å². The predicted molar refractivity (Wildman–Crippen MR) is 194 cm³/mol. The van der Waals surface area contributed by atoms with Gasteiger partial charge in [-0.3, -0.25) is 4.79 Å². The Labute approximate surface area is 302 Å². The van der Waals surface area contributed by atoms with E-state index in [0.29, 0.717) is 23.2 Å². The maximum atomic E-state index is 14.5. The molecule has 0 saturated carbocycles. The van der Waals surface area contributed by atoms with Gasteiger partial charge in [0.25, 0.3) is 5.60 Å². The van der Waals surface area contributed by atoms with Crippen LogP contribution in [-0.2, 0) is 24.7 Å². The molecule has 268 valence electrons. The first-order valence-electron chi connectivity index (χ1n) is 19.3. The van der Waals surface area contributed by atoms with E-state index in [4.69, 9.17) is 9.47 Å². The lowest BCUT2D eigenvalue weighted by Gasteiger charge is -2.47. The molecule has 0 radical (unpaired) electrons. The van der Waals surface area contributed by atoms with E-state index < -0.39 is 11.6 Å². The Morgan fingerprint density at radius 3 is 1.84 bits per heavy atom. The minimum absolute atomic E-state index is 0. The second kappa shape index (κ2) is 20.1. The van der Waals surface area contributed by atoms with E-state index in [1.54, 1.807) is 0 Å². The summed E-state index contributed by atoms with van der Waals surface area (Å²) in [4.78, 5) is 28.1. The molecule has 2 unspecified atom stereocenters. The first kappa shape index (κ1) is 38.9. The molecule has 5 rings (SSSR count).